The highest BCUT2D eigenvalue weighted by molar-refractivity contribution is 5.02. The standard InChI is InChI=1S/C21H40O3/c1-3-5-6-7-8-9-10-11-12-13-14-15-18-21(23-4-2)24-20-17-16-19-22/h21-22H,3-14,16-17,19-20H2,1-2H3. The van der Waals surface area contributed by atoms with Crippen molar-refractivity contribution in [3.63, 3.8) is 0 Å². The Labute approximate surface area is 150 Å². The van der Waals surface area contributed by atoms with Gasteiger partial charge in [-0.05, 0) is 32.1 Å². The molecule has 0 aliphatic carbocycles. The maximum absolute atomic E-state index is 8.75. The molecule has 0 fully saturated rings. The molecule has 0 heterocycles. The second-order valence-corrected chi connectivity index (χ2v) is 6.34. The summed E-state index contributed by atoms with van der Waals surface area (Å²) in [5, 5.41) is 8.75. The van der Waals surface area contributed by atoms with E-state index in [-0.39, 0.29) is 6.61 Å². The zero-order valence-electron chi connectivity index (χ0n) is 16.2. The number of rotatable bonds is 17. The Balaban J connectivity index is 3.50. The molecular weight excluding hydrogens is 300 g/mol. The number of aliphatic hydroxyl groups excluding tert-OH is 1. The van der Waals surface area contributed by atoms with E-state index in [1.165, 1.54) is 64.2 Å². The molecule has 0 amide bonds. The van der Waals surface area contributed by atoms with E-state index >= 15 is 0 Å². The van der Waals surface area contributed by atoms with Gasteiger partial charge in [-0.2, -0.15) is 0 Å². The van der Waals surface area contributed by atoms with Crippen LogP contribution in [0.5, 0.6) is 0 Å². The second kappa shape index (κ2) is 20.5. The molecule has 0 saturated carbocycles. The summed E-state index contributed by atoms with van der Waals surface area (Å²) in [5.41, 5.74) is 0. The molecule has 0 aliphatic rings. The van der Waals surface area contributed by atoms with E-state index in [9.17, 15) is 0 Å². The monoisotopic (exact) mass is 340 g/mol. The van der Waals surface area contributed by atoms with E-state index in [1.807, 2.05) is 6.92 Å². The smallest absolute Gasteiger partial charge is 0.222 e. The van der Waals surface area contributed by atoms with Crippen molar-refractivity contribution in [2.75, 3.05) is 19.8 Å². The maximum atomic E-state index is 8.75. The first-order valence-electron chi connectivity index (χ1n) is 10.2. The third-order valence-electron chi connectivity index (χ3n) is 4.01. The van der Waals surface area contributed by atoms with Crippen molar-refractivity contribution in [2.24, 2.45) is 0 Å². The first-order valence-corrected chi connectivity index (χ1v) is 10.2. The number of aliphatic hydroxyl groups is 1. The molecule has 0 spiro atoms. The van der Waals surface area contributed by atoms with Crippen LogP contribution in [0.25, 0.3) is 0 Å². The third kappa shape index (κ3) is 17.8. The van der Waals surface area contributed by atoms with Crippen molar-refractivity contribution in [3.8, 4) is 11.8 Å². The van der Waals surface area contributed by atoms with Gasteiger partial charge in [-0.25, -0.2) is 0 Å². The van der Waals surface area contributed by atoms with Gasteiger partial charge in [0.2, 0.25) is 6.29 Å². The number of hydrogen-bond acceptors (Lipinski definition) is 3. The summed E-state index contributed by atoms with van der Waals surface area (Å²) in [6, 6.07) is 0. The first kappa shape index (κ1) is 23.4. The maximum Gasteiger partial charge on any atom is 0.222 e. The predicted octanol–water partition coefficient (Wildman–Crippen LogP) is 5.45. The molecule has 0 aromatic carbocycles. The molecular formula is C21H40O3. The van der Waals surface area contributed by atoms with E-state index in [0.717, 1.165) is 19.3 Å². The zero-order chi connectivity index (χ0) is 17.7. The summed E-state index contributed by atoms with van der Waals surface area (Å²) in [6.07, 6.45) is 15.6. The van der Waals surface area contributed by atoms with Crippen LogP contribution in [0.3, 0.4) is 0 Å². The molecule has 24 heavy (non-hydrogen) atoms. The minimum Gasteiger partial charge on any atom is -0.396 e. The fraction of sp³-hybridized carbons (Fsp3) is 0.905. The fourth-order valence-corrected chi connectivity index (χ4v) is 2.54. The summed E-state index contributed by atoms with van der Waals surface area (Å²) in [5.74, 6) is 6.26. The van der Waals surface area contributed by atoms with Crippen LogP contribution in [-0.4, -0.2) is 31.2 Å². The number of hydrogen-bond donors (Lipinski definition) is 1. The molecule has 3 heteroatoms. The van der Waals surface area contributed by atoms with Crippen LogP contribution >= 0.6 is 0 Å². The van der Waals surface area contributed by atoms with E-state index in [2.05, 4.69) is 18.8 Å². The van der Waals surface area contributed by atoms with Gasteiger partial charge in [-0.15, -0.1) is 0 Å². The molecule has 0 bridgehead atoms. The van der Waals surface area contributed by atoms with Gasteiger partial charge in [0.25, 0.3) is 0 Å². The van der Waals surface area contributed by atoms with Gasteiger partial charge in [0.15, 0.2) is 0 Å². The summed E-state index contributed by atoms with van der Waals surface area (Å²) < 4.78 is 11.0. The quantitative estimate of drug-likeness (QED) is 0.217. The van der Waals surface area contributed by atoms with Gasteiger partial charge in [-0.3, -0.25) is 0 Å². The zero-order valence-corrected chi connectivity index (χ0v) is 16.2. The van der Waals surface area contributed by atoms with Crippen molar-refractivity contribution in [2.45, 2.75) is 104 Å². The van der Waals surface area contributed by atoms with Gasteiger partial charge >= 0.3 is 0 Å². The van der Waals surface area contributed by atoms with Crippen LogP contribution in [-0.2, 0) is 9.47 Å². The Morgan fingerprint density at radius 1 is 0.750 bits per heavy atom. The van der Waals surface area contributed by atoms with Crippen molar-refractivity contribution in [3.05, 3.63) is 0 Å². The summed E-state index contributed by atoms with van der Waals surface area (Å²) >= 11 is 0. The lowest BCUT2D eigenvalue weighted by molar-refractivity contribution is -0.102. The van der Waals surface area contributed by atoms with Gasteiger partial charge in [0, 0.05) is 19.6 Å². The average molecular weight is 341 g/mol. The Morgan fingerprint density at radius 2 is 1.38 bits per heavy atom. The number of unbranched alkanes of at least 4 members (excludes halogenated alkanes) is 11. The Hall–Kier alpha value is -0.560. The van der Waals surface area contributed by atoms with Crippen LogP contribution in [0.4, 0.5) is 0 Å². The second-order valence-electron chi connectivity index (χ2n) is 6.34. The van der Waals surface area contributed by atoms with Gasteiger partial charge in [-0.1, -0.05) is 70.6 Å². The highest BCUT2D eigenvalue weighted by Crippen LogP contribution is 2.11. The highest BCUT2D eigenvalue weighted by atomic mass is 16.7. The van der Waals surface area contributed by atoms with Gasteiger partial charge in [0.05, 0.1) is 6.61 Å². The van der Waals surface area contributed by atoms with E-state index in [1.54, 1.807) is 0 Å². The molecule has 0 aliphatic heterocycles. The average Bonchev–Trinajstić information content (AvgIpc) is 2.59. The predicted molar refractivity (Wildman–Crippen MR) is 102 cm³/mol. The molecule has 3 nitrogen and oxygen atoms in total. The molecule has 1 N–H and O–H groups in total. The van der Waals surface area contributed by atoms with Crippen LogP contribution < -0.4 is 0 Å². The van der Waals surface area contributed by atoms with Crippen molar-refractivity contribution in [1.82, 2.24) is 0 Å². The van der Waals surface area contributed by atoms with Crippen LogP contribution in [0.1, 0.15) is 97.3 Å². The van der Waals surface area contributed by atoms with E-state index < -0.39 is 6.29 Å². The molecule has 1 atom stereocenters. The van der Waals surface area contributed by atoms with E-state index in [0.29, 0.717) is 13.2 Å². The Bertz CT molecular complexity index is 293. The van der Waals surface area contributed by atoms with Crippen LogP contribution in [0.2, 0.25) is 0 Å². The van der Waals surface area contributed by atoms with Crippen molar-refractivity contribution < 1.29 is 14.6 Å². The van der Waals surface area contributed by atoms with Gasteiger partial charge < -0.3 is 14.6 Å². The topological polar surface area (TPSA) is 38.7 Å². The minimum absolute atomic E-state index is 0.215. The fourth-order valence-electron chi connectivity index (χ4n) is 2.54. The number of ether oxygens (including phenoxy) is 2. The summed E-state index contributed by atoms with van der Waals surface area (Å²) in [4.78, 5) is 0. The lowest BCUT2D eigenvalue weighted by Gasteiger charge is -2.11. The molecule has 0 rings (SSSR count). The summed E-state index contributed by atoms with van der Waals surface area (Å²) in [7, 11) is 0. The lowest BCUT2D eigenvalue weighted by Crippen LogP contribution is -2.16. The van der Waals surface area contributed by atoms with Crippen molar-refractivity contribution in [1.29, 1.82) is 0 Å². The lowest BCUT2D eigenvalue weighted by atomic mass is 10.1. The highest BCUT2D eigenvalue weighted by Gasteiger charge is 2.03. The van der Waals surface area contributed by atoms with Crippen LogP contribution in [0.15, 0.2) is 0 Å². The SMILES string of the molecule is CCCCCCCCCCCCC#CC(OCC)OCCCCO. The molecule has 0 aromatic heterocycles. The van der Waals surface area contributed by atoms with Crippen LogP contribution in [0, 0.1) is 11.8 Å². The largest absolute Gasteiger partial charge is 0.396 e. The molecule has 142 valence electrons. The van der Waals surface area contributed by atoms with Crippen molar-refractivity contribution >= 4 is 0 Å². The Kier molecular flexibility index (Phi) is 20.0. The molecule has 1 unspecified atom stereocenters. The van der Waals surface area contributed by atoms with Gasteiger partial charge in [0.1, 0.15) is 0 Å². The first-order chi connectivity index (χ1) is 11.8. The third-order valence-corrected chi connectivity index (χ3v) is 4.01. The van der Waals surface area contributed by atoms with E-state index in [4.69, 9.17) is 14.6 Å². The minimum atomic E-state index is -0.406. The molecule has 0 radical (unpaired) electrons. The Morgan fingerprint density at radius 3 is 1.96 bits per heavy atom. The normalized spacial score (nSPS) is 12.0. The molecule has 0 saturated heterocycles. The summed E-state index contributed by atoms with van der Waals surface area (Å²) in [6.45, 7) is 5.64. The molecule has 0 aromatic rings.